The fraction of sp³-hybridized carbons (Fsp3) is 0. The number of nitrogens with zero attached hydrogens (tertiary/aromatic N) is 5. The van der Waals surface area contributed by atoms with Crippen molar-refractivity contribution in [3.8, 4) is 55.9 Å². The van der Waals surface area contributed by atoms with Crippen molar-refractivity contribution in [1.29, 1.82) is 0 Å². The minimum Gasteiger partial charge on any atom is -0.308 e. The summed E-state index contributed by atoms with van der Waals surface area (Å²) in [6.07, 6.45) is 1.90. The van der Waals surface area contributed by atoms with E-state index < -0.39 is 0 Å². The highest BCUT2D eigenvalue weighted by molar-refractivity contribution is 7.99. The van der Waals surface area contributed by atoms with Crippen molar-refractivity contribution in [2.24, 2.45) is 0 Å². The molecule has 9 aromatic rings. The average Bonchev–Trinajstić information content (AvgIpc) is 3.78. The van der Waals surface area contributed by atoms with Crippen LogP contribution in [0.5, 0.6) is 0 Å². The first-order chi connectivity index (χ1) is 26.2. The number of rotatable bonds is 6. The molecule has 3 aromatic heterocycles. The summed E-state index contributed by atoms with van der Waals surface area (Å²) in [6, 6.07) is 57.1. The number of fused-ring (bicyclic) bond motifs is 3. The topological polar surface area (TPSA) is 54.8 Å². The molecular formula is C46H29N5S2. The van der Waals surface area contributed by atoms with Gasteiger partial charge in [0.25, 0.3) is 0 Å². The molecule has 1 aliphatic heterocycles. The van der Waals surface area contributed by atoms with Crippen molar-refractivity contribution in [2.75, 3.05) is 4.90 Å². The summed E-state index contributed by atoms with van der Waals surface area (Å²) < 4.78 is 0. The fourth-order valence-electron chi connectivity index (χ4n) is 6.90. The Morgan fingerprint density at radius 2 is 1.08 bits per heavy atom. The van der Waals surface area contributed by atoms with Crippen molar-refractivity contribution in [3.05, 3.63) is 175 Å². The van der Waals surface area contributed by atoms with Gasteiger partial charge >= 0.3 is 0 Å². The third kappa shape index (κ3) is 5.86. The maximum Gasteiger partial charge on any atom is 0.164 e. The second-order valence-corrected chi connectivity index (χ2v) is 14.8. The van der Waals surface area contributed by atoms with Crippen LogP contribution in [-0.2, 0) is 0 Å². The number of aromatic nitrogens is 4. The van der Waals surface area contributed by atoms with Gasteiger partial charge in [-0.2, -0.15) is 0 Å². The molecule has 250 valence electrons. The van der Waals surface area contributed by atoms with Crippen LogP contribution in [-0.4, -0.2) is 19.9 Å². The van der Waals surface area contributed by atoms with E-state index in [-0.39, 0.29) is 0 Å². The lowest BCUT2D eigenvalue weighted by Crippen LogP contribution is -2.15. The quantitative estimate of drug-likeness (QED) is 0.171. The van der Waals surface area contributed by atoms with Gasteiger partial charge in [-0.15, -0.1) is 11.3 Å². The Morgan fingerprint density at radius 3 is 1.77 bits per heavy atom. The number of benzene rings is 6. The zero-order valence-electron chi connectivity index (χ0n) is 28.3. The van der Waals surface area contributed by atoms with Crippen LogP contribution in [0.15, 0.2) is 185 Å². The molecule has 6 aromatic carbocycles. The van der Waals surface area contributed by atoms with Gasteiger partial charge < -0.3 is 4.90 Å². The molecule has 0 amide bonds. The molecule has 0 atom stereocenters. The summed E-state index contributed by atoms with van der Waals surface area (Å²) in [5, 5.41) is 4.44. The van der Waals surface area contributed by atoms with Gasteiger partial charge in [0.05, 0.1) is 17.1 Å². The Balaban J connectivity index is 1.13. The van der Waals surface area contributed by atoms with E-state index in [0.29, 0.717) is 17.5 Å². The predicted molar refractivity (Wildman–Crippen MR) is 219 cm³/mol. The summed E-state index contributed by atoms with van der Waals surface area (Å²) in [4.78, 5) is 25.8. The molecule has 0 aliphatic carbocycles. The van der Waals surface area contributed by atoms with Gasteiger partial charge in [0.15, 0.2) is 17.5 Å². The lowest BCUT2D eigenvalue weighted by atomic mass is 10.0. The summed E-state index contributed by atoms with van der Waals surface area (Å²) in [6.45, 7) is 0. The third-order valence-electron chi connectivity index (χ3n) is 9.44. The molecular weight excluding hydrogens is 687 g/mol. The molecule has 0 unspecified atom stereocenters. The maximum atomic E-state index is 5.04. The highest BCUT2D eigenvalue weighted by atomic mass is 32.2. The molecule has 0 saturated carbocycles. The Hall–Kier alpha value is -6.41. The molecule has 10 rings (SSSR count). The van der Waals surface area contributed by atoms with E-state index >= 15 is 0 Å². The number of anilines is 3. The van der Waals surface area contributed by atoms with E-state index in [1.54, 1.807) is 23.1 Å². The first kappa shape index (κ1) is 31.3. The van der Waals surface area contributed by atoms with Crippen molar-refractivity contribution in [3.63, 3.8) is 0 Å². The lowest BCUT2D eigenvalue weighted by molar-refractivity contribution is 1.07. The number of hydrogen-bond acceptors (Lipinski definition) is 7. The number of pyridine rings is 1. The molecule has 7 heteroatoms. The zero-order valence-corrected chi connectivity index (χ0v) is 29.9. The van der Waals surface area contributed by atoms with Crippen LogP contribution < -0.4 is 4.90 Å². The first-order valence-corrected chi connectivity index (χ1v) is 19.1. The highest BCUT2D eigenvalue weighted by Crippen LogP contribution is 2.53. The molecule has 1 aliphatic rings. The fourth-order valence-corrected chi connectivity index (χ4v) is 8.76. The Bertz CT molecular complexity index is 2700. The molecule has 0 bridgehead atoms. The van der Waals surface area contributed by atoms with Crippen LogP contribution in [0.25, 0.3) is 66.6 Å². The molecule has 0 spiro atoms. The van der Waals surface area contributed by atoms with Crippen molar-refractivity contribution >= 4 is 50.9 Å². The van der Waals surface area contributed by atoms with Crippen LogP contribution in [0, 0.1) is 0 Å². The van der Waals surface area contributed by atoms with Crippen LogP contribution in [0.1, 0.15) is 0 Å². The maximum absolute atomic E-state index is 5.04. The van der Waals surface area contributed by atoms with Gasteiger partial charge in [0.1, 0.15) is 0 Å². The van der Waals surface area contributed by atoms with Crippen LogP contribution in [0.3, 0.4) is 0 Å². The van der Waals surface area contributed by atoms with Crippen molar-refractivity contribution in [1.82, 2.24) is 19.9 Å². The monoisotopic (exact) mass is 715 g/mol. The zero-order chi connectivity index (χ0) is 35.1. The lowest BCUT2D eigenvalue weighted by Gasteiger charge is -2.33. The van der Waals surface area contributed by atoms with E-state index in [1.807, 2.05) is 66.9 Å². The Morgan fingerprint density at radius 1 is 0.453 bits per heavy atom. The Labute approximate surface area is 315 Å². The summed E-state index contributed by atoms with van der Waals surface area (Å²) in [7, 11) is 0. The van der Waals surface area contributed by atoms with Crippen molar-refractivity contribution in [2.45, 2.75) is 9.79 Å². The summed E-state index contributed by atoms with van der Waals surface area (Å²) in [5.74, 6) is 1.92. The standard InChI is InChI=1S/C46H29N5S2/c1-3-12-31(13-4-1)44-48-45(32-14-5-2-6-15-32)50-46(49-44)35-21-23-39-42(29-35)53-41-28-33(40-19-10-26-52-40)20-22-38(41)51(39)36-17-9-16-34(27-36)43-37-18-8-7-11-30(37)24-25-47-43/h1-29H. The smallest absolute Gasteiger partial charge is 0.164 e. The summed E-state index contributed by atoms with van der Waals surface area (Å²) >= 11 is 3.54. The number of thiophene rings is 1. The highest BCUT2D eigenvalue weighted by Gasteiger charge is 2.27. The van der Waals surface area contributed by atoms with Gasteiger partial charge in [-0.25, -0.2) is 15.0 Å². The second kappa shape index (κ2) is 13.3. The van der Waals surface area contributed by atoms with E-state index in [4.69, 9.17) is 19.9 Å². The minimum absolute atomic E-state index is 0.634. The van der Waals surface area contributed by atoms with E-state index in [9.17, 15) is 0 Å². The van der Waals surface area contributed by atoms with Gasteiger partial charge in [-0.1, -0.05) is 121 Å². The largest absolute Gasteiger partial charge is 0.308 e. The molecule has 4 heterocycles. The first-order valence-electron chi connectivity index (χ1n) is 17.4. The van der Waals surface area contributed by atoms with Crippen LogP contribution in [0.4, 0.5) is 17.1 Å². The van der Waals surface area contributed by atoms with E-state index in [0.717, 1.165) is 55.3 Å². The normalized spacial score (nSPS) is 12.0. The number of hydrogen-bond donors (Lipinski definition) is 0. The van der Waals surface area contributed by atoms with E-state index in [1.165, 1.54) is 20.7 Å². The molecule has 53 heavy (non-hydrogen) atoms. The SMILES string of the molecule is c1ccc(-c2nc(-c3ccccc3)nc(-c3ccc4c(c3)Sc3cc(-c5cccs5)ccc3N4c3cccc(-c4nccc5ccccc45)c3)n2)cc1. The molecule has 0 N–H and O–H groups in total. The Kier molecular flexibility index (Phi) is 7.86. The molecule has 0 radical (unpaired) electrons. The summed E-state index contributed by atoms with van der Waals surface area (Å²) in [5.41, 5.74) is 9.36. The van der Waals surface area contributed by atoms with Gasteiger partial charge in [-0.05, 0) is 70.9 Å². The van der Waals surface area contributed by atoms with Gasteiger partial charge in [-0.3, -0.25) is 4.98 Å². The average molecular weight is 716 g/mol. The molecule has 0 saturated heterocycles. The minimum atomic E-state index is 0.634. The molecule has 5 nitrogen and oxygen atoms in total. The van der Waals surface area contributed by atoms with Crippen molar-refractivity contribution < 1.29 is 0 Å². The second-order valence-electron chi connectivity index (χ2n) is 12.7. The third-order valence-corrected chi connectivity index (χ3v) is 11.4. The van der Waals surface area contributed by atoms with Gasteiger partial charge in [0, 0.05) is 54.2 Å². The van der Waals surface area contributed by atoms with Crippen LogP contribution >= 0.6 is 23.1 Å². The predicted octanol–water partition coefficient (Wildman–Crippen LogP) is 12.8. The molecule has 0 fully saturated rings. The van der Waals surface area contributed by atoms with E-state index in [2.05, 4.69) is 113 Å². The van der Waals surface area contributed by atoms with Gasteiger partial charge in [0.2, 0.25) is 0 Å². The van der Waals surface area contributed by atoms with Crippen LogP contribution in [0.2, 0.25) is 0 Å².